The second-order valence-corrected chi connectivity index (χ2v) is 7.68. The maximum atomic E-state index is 13.1. The maximum absolute atomic E-state index is 13.1. The summed E-state index contributed by atoms with van der Waals surface area (Å²) in [7, 11) is 3.41. The Hall–Kier alpha value is -3.16. The minimum absolute atomic E-state index is 0.112. The number of urea groups is 1. The zero-order valence-corrected chi connectivity index (χ0v) is 17.1. The first kappa shape index (κ1) is 19.2. The quantitative estimate of drug-likeness (QED) is 0.801. The van der Waals surface area contributed by atoms with Crippen LogP contribution in [0.5, 0.6) is 0 Å². The molecule has 2 aliphatic heterocycles. The normalized spacial score (nSPS) is 18.7. The molecule has 152 valence electrons. The van der Waals surface area contributed by atoms with Crippen molar-refractivity contribution in [3.63, 3.8) is 0 Å². The summed E-state index contributed by atoms with van der Waals surface area (Å²) in [4.78, 5) is 40.2. The van der Waals surface area contributed by atoms with E-state index in [1.807, 2.05) is 50.4 Å². The number of benzene rings is 1. The lowest BCUT2D eigenvalue weighted by Crippen LogP contribution is -2.56. The number of carbonyl (C=O) groups is 2. The topological polar surface area (TPSA) is 81.7 Å². The number of amides is 3. The lowest BCUT2D eigenvalue weighted by atomic mass is 9.85. The van der Waals surface area contributed by atoms with Crippen LogP contribution in [0.1, 0.15) is 24.1 Å². The van der Waals surface area contributed by atoms with Gasteiger partial charge >= 0.3 is 6.03 Å². The van der Waals surface area contributed by atoms with Crippen LogP contribution in [0.3, 0.4) is 0 Å². The van der Waals surface area contributed by atoms with E-state index in [-0.39, 0.29) is 11.9 Å². The Balaban J connectivity index is 1.58. The number of anilines is 2. The van der Waals surface area contributed by atoms with Gasteiger partial charge in [-0.25, -0.2) is 9.78 Å². The van der Waals surface area contributed by atoms with Gasteiger partial charge in [0, 0.05) is 45.5 Å². The van der Waals surface area contributed by atoms with E-state index >= 15 is 0 Å². The molecule has 0 atom stereocenters. The monoisotopic (exact) mass is 394 g/mol. The van der Waals surface area contributed by atoms with Gasteiger partial charge in [0.15, 0.2) is 0 Å². The Morgan fingerprint density at radius 1 is 1.10 bits per heavy atom. The number of hydrogen-bond acceptors (Lipinski definition) is 6. The largest absolute Gasteiger partial charge is 0.373 e. The molecule has 0 unspecified atom stereocenters. The molecular formula is C21H26N6O2. The fraction of sp³-hybridized carbons (Fsp3) is 0.429. The van der Waals surface area contributed by atoms with Gasteiger partial charge in [0.25, 0.3) is 5.91 Å². The predicted molar refractivity (Wildman–Crippen MR) is 111 cm³/mol. The third-order valence-electron chi connectivity index (χ3n) is 5.89. The molecule has 3 heterocycles. The molecule has 1 spiro atoms. The third-order valence-corrected chi connectivity index (χ3v) is 5.89. The molecule has 0 bridgehead atoms. The average Bonchev–Trinajstić information content (AvgIpc) is 2.91. The fourth-order valence-electron chi connectivity index (χ4n) is 4.25. The van der Waals surface area contributed by atoms with Gasteiger partial charge in [-0.15, -0.1) is 0 Å². The number of imide groups is 1. The van der Waals surface area contributed by atoms with Gasteiger partial charge in [0.05, 0.1) is 0 Å². The van der Waals surface area contributed by atoms with Gasteiger partial charge in [0.1, 0.15) is 11.4 Å². The van der Waals surface area contributed by atoms with Crippen molar-refractivity contribution in [3.8, 4) is 0 Å². The summed E-state index contributed by atoms with van der Waals surface area (Å²) < 4.78 is 0. The zero-order chi connectivity index (χ0) is 20.6. The molecule has 2 aromatic rings. The second-order valence-electron chi connectivity index (χ2n) is 7.68. The highest BCUT2D eigenvalue weighted by molar-refractivity contribution is 6.06. The lowest BCUT2D eigenvalue weighted by molar-refractivity contribution is -0.133. The Morgan fingerprint density at radius 3 is 2.45 bits per heavy atom. The number of aryl methyl sites for hydroxylation is 1. The van der Waals surface area contributed by atoms with Crippen molar-refractivity contribution < 1.29 is 9.59 Å². The van der Waals surface area contributed by atoms with Crippen LogP contribution in [0.2, 0.25) is 0 Å². The smallest absolute Gasteiger partial charge is 0.327 e. The summed E-state index contributed by atoms with van der Waals surface area (Å²) in [6.07, 6.45) is 1.11. The van der Waals surface area contributed by atoms with Gasteiger partial charge in [0.2, 0.25) is 5.95 Å². The summed E-state index contributed by atoms with van der Waals surface area (Å²) in [6, 6.07) is 11.5. The minimum atomic E-state index is -0.798. The molecule has 8 heteroatoms. The van der Waals surface area contributed by atoms with Crippen molar-refractivity contribution in [3.05, 3.63) is 47.7 Å². The van der Waals surface area contributed by atoms with E-state index in [0.29, 0.717) is 38.4 Å². The molecule has 1 aromatic carbocycles. The molecule has 2 saturated heterocycles. The number of carbonyl (C=O) groups excluding carboxylic acids is 2. The first-order valence-corrected chi connectivity index (χ1v) is 9.87. The van der Waals surface area contributed by atoms with Crippen molar-refractivity contribution in [1.82, 2.24) is 19.8 Å². The number of rotatable bonds is 4. The molecule has 0 aliphatic carbocycles. The third kappa shape index (κ3) is 3.28. The van der Waals surface area contributed by atoms with E-state index in [9.17, 15) is 9.59 Å². The summed E-state index contributed by atoms with van der Waals surface area (Å²) in [5.41, 5.74) is 1.11. The average molecular weight is 394 g/mol. The van der Waals surface area contributed by atoms with Gasteiger partial charge < -0.3 is 15.1 Å². The summed E-state index contributed by atoms with van der Waals surface area (Å²) in [5, 5.41) is 3.06. The zero-order valence-electron chi connectivity index (χ0n) is 17.1. The van der Waals surface area contributed by atoms with Crippen LogP contribution in [0.25, 0.3) is 0 Å². The van der Waals surface area contributed by atoms with Crippen molar-refractivity contribution in [1.29, 1.82) is 0 Å². The van der Waals surface area contributed by atoms with E-state index in [1.165, 1.54) is 4.90 Å². The molecule has 2 fully saturated rings. The molecule has 0 saturated carbocycles. The van der Waals surface area contributed by atoms with Gasteiger partial charge in [-0.2, -0.15) is 4.98 Å². The standard InChI is InChI=1S/C21H26N6O2/c1-15-13-17(22-2)24-19(23-15)26-11-9-21(10-12-26)18(28)25(3)20(29)27(21)14-16-7-5-4-6-8-16/h4-8,13H,9-12,14H2,1-3H3,(H,22,23,24). The molecule has 1 N–H and O–H groups in total. The Morgan fingerprint density at radius 2 is 1.79 bits per heavy atom. The van der Waals surface area contributed by atoms with E-state index in [4.69, 9.17) is 0 Å². The highest BCUT2D eigenvalue weighted by atomic mass is 16.2. The highest BCUT2D eigenvalue weighted by Crippen LogP contribution is 2.38. The van der Waals surface area contributed by atoms with Crippen molar-refractivity contribution in [2.45, 2.75) is 31.8 Å². The van der Waals surface area contributed by atoms with Crippen LogP contribution in [0.15, 0.2) is 36.4 Å². The molecule has 29 heavy (non-hydrogen) atoms. The molecule has 4 rings (SSSR count). The van der Waals surface area contributed by atoms with E-state index in [0.717, 1.165) is 17.1 Å². The molecule has 3 amide bonds. The minimum Gasteiger partial charge on any atom is -0.373 e. The SMILES string of the molecule is CNc1cc(C)nc(N2CCC3(CC2)C(=O)N(C)C(=O)N3Cc2ccccc2)n1. The first-order valence-electron chi connectivity index (χ1n) is 9.87. The van der Waals surface area contributed by atoms with Crippen LogP contribution in [-0.2, 0) is 11.3 Å². The van der Waals surface area contributed by atoms with Crippen molar-refractivity contribution in [2.24, 2.45) is 0 Å². The van der Waals surface area contributed by atoms with Crippen LogP contribution >= 0.6 is 0 Å². The van der Waals surface area contributed by atoms with Crippen LogP contribution in [0, 0.1) is 6.92 Å². The highest BCUT2D eigenvalue weighted by Gasteiger charge is 2.56. The number of piperidine rings is 1. The molecule has 1 aromatic heterocycles. The number of nitrogens with one attached hydrogen (secondary N) is 1. The number of nitrogens with zero attached hydrogens (tertiary/aromatic N) is 5. The van der Waals surface area contributed by atoms with Crippen LogP contribution in [0.4, 0.5) is 16.6 Å². The Labute approximate surface area is 170 Å². The van der Waals surface area contributed by atoms with Gasteiger partial charge in [-0.3, -0.25) is 9.69 Å². The molecular weight excluding hydrogens is 368 g/mol. The molecule has 2 aliphatic rings. The van der Waals surface area contributed by atoms with Gasteiger partial charge in [-0.1, -0.05) is 30.3 Å². The number of hydrogen-bond donors (Lipinski definition) is 1. The van der Waals surface area contributed by atoms with Gasteiger partial charge in [-0.05, 0) is 25.3 Å². The first-order chi connectivity index (χ1) is 13.9. The van der Waals surface area contributed by atoms with Crippen molar-refractivity contribution in [2.75, 3.05) is 37.4 Å². The second kappa shape index (κ2) is 7.35. The fourth-order valence-corrected chi connectivity index (χ4v) is 4.25. The summed E-state index contributed by atoms with van der Waals surface area (Å²) in [6.45, 7) is 3.60. The van der Waals surface area contributed by atoms with Crippen LogP contribution < -0.4 is 10.2 Å². The predicted octanol–water partition coefficient (Wildman–Crippen LogP) is 2.26. The lowest BCUT2D eigenvalue weighted by Gasteiger charge is -2.42. The van der Waals surface area contributed by atoms with E-state index < -0.39 is 5.54 Å². The Bertz CT molecular complexity index is 924. The number of aromatic nitrogens is 2. The maximum Gasteiger partial charge on any atom is 0.327 e. The summed E-state index contributed by atoms with van der Waals surface area (Å²) >= 11 is 0. The van der Waals surface area contributed by atoms with Crippen molar-refractivity contribution >= 4 is 23.7 Å². The van der Waals surface area contributed by atoms with Crippen LogP contribution in [-0.4, -0.2) is 64.4 Å². The van der Waals surface area contributed by atoms with E-state index in [1.54, 1.807) is 11.9 Å². The van der Waals surface area contributed by atoms with E-state index in [2.05, 4.69) is 20.2 Å². The Kier molecular flexibility index (Phi) is 4.86. The molecule has 8 nitrogen and oxygen atoms in total. The number of likely N-dealkylation sites (N-methyl/N-ethyl adjacent to an activating group) is 1. The molecule has 0 radical (unpaired) electrons. The summed E-state index contributed by atoms with van der Waals surface area (Å²) in [5.74, 6) is 1.31.